The van der Waals surface area contributed by atoms with Crippen LogP contribution in [0.15, 0.2) is 36.5 Å². The van der Waals surface area contributed by atoms with Gasteiger partial charge in [0.15, 0.2) is 6.10 Å². The Labute approximate surface area is 319 Å². The topological polar surface area (TPSA) is 111 Å². The normalized spacial score (nSPS) is 14.0. The third-order valence-electron chi connectivity index (χ3n) is 8.68. The molecule has 0 spiro atoms. The molecule has 0 aliphatic rings. The molecule has 0 saturated carbocycles. The summed E-state index contributed by atoms with van der Waals surface area (Å²) in [7, 11) is 1.13. The first-order chi connectivity index (χ1) is 25.0. The van der Waals surface area contributed by atoms with Crippen LogP contribution < -0.4 is 4.89 Å². The molecule has 304 valence electrons. The molecule has 0 aromatic carbocycles. The summed E-state index contributed by atoms with van der Waals surface area (Å²) >= 11 is 0. The Bertz CT molecular complexity index is 991. The van der Waals surface area contributed by atoms with Gasteiger partial charge in [0, 0.05) is 12.8 Å². The van der Waals surface area contributed by atoms with Gasteiger partial charge in [-0.15, -0.1) is 0 Å². The molecule has 0 rings (SSSR count). The molecule has 10 heteroatoms. The third-order valence-corrected chi connectivity index (χ3v) is 9.64. The maximum absolute atomic E-state index is 12.6. The number of hydrogen-bond donors (Lipinski definition) is 0. The van der Waals surface area contributed by atoms with Crippen molar-refractivity contribution in [2.45, 2.75) is 174 Å². The molecule has 0 N–H and O–H groups in total. The van der Waals surface area contributed by atoms with E-state index in [9.17, 15) is 19.0 Å². The summed E-state index contributed by atoms with van der Waals surface area (Å²) in [4.78, 5) is 37.3. The molecule has 0 aliphatic carbocycles. The minimum Gasteiger partial charge on any atom is -0.756 e. The summed E-state index contributed by atoms with van der Waals surface area (Å²) in [6, 6.07) is 0. The Kier molecular flexibility index (Phi) is 33.8. The van der Waals surface area contributed by atoms with E-state index < -0.39 is 32.5 Å². The van der Waals surface area contributed by atoms with Gasteiger partial charge in [-0.3, -0.25) is 14.2 Å². The number of unbranched alkanes of at least 4 members (excludes halogenated alkanes) is 17. The quantitative estimate of drug-likeness (QED) is 0.0203. The predicted octanol–water partition coefficient (Wildman–Crippen LogP) is 10.7. The molecule has 9 nitrogen and oxygen atoms in total. The van der Waals surface area contributed by atoms with E-state index in [0.717, 1.165) is 38.5 Å². The molecule has 0 radical (unpaired) electrons. The number of esters is 2. The van der Waals surface area contributed by atoms with Gasteiger partial charge < -0.3 is 27.9 Å². The fourth-order valence-electron chi connectivity index (χ4n) is 5.39. The second kappa shape index (κ2) is 35.0. The Morgan fingerprint density at radius 3 is 1.62 bits per heavy atom. The Morgan fingerprint density at radius 1 is 0.596 bits per heavy atom. The van der Waals surface area contributed by atoms with Gasteiger partial charge in [0.25, 0.3) is 7.82 Å². The number of phosphoric acid groups is 1. The van der Waals surface area contributed by atoms with Crippen molar-refractivity contribution in [3.63, 3.8) is 0 Å². The number of likely N-dealkylation sites (N-methyl/N-ethyl adjacent to an activating group) is 1. The lowest BCUT2D eigenvalue weighted by Gasteiger charge is -2.28. The Hall–Kier alpha value is -1.77. The van der Waals surface area contributed by atoms with Gasteiger partial charge in [0.05, 0.1) is 27.7 Å². The number of phosphoric ester groups is 1. The van der Waals surface area contributed by atoms with Gasteiger partial charge in [-0.1, -0.05) is 153 Å². The summed E-state index contributed by atoms with van der Waals surface area (Å²) in [5.41, 5.74) is 0. The molecule has 0 saturated heterocycles. The highest BCUT2D eigenvalue weighted by molar-refractivity contribution is 7.45. The molecular weight excluding hydrogens is 677 g/mol. The fraction of sp³-hybridized carbons (Fsp3) is 0.810. The average Bonchev–Trinajstić information content (AvgIpc) is 3.09. The van der Waals surface area contributed by atoms with Crippen LogP contribution in [0.4, 0.5) is 0 Å². The van der Waals surface area contributed by atoms with E-state index in [1.807, 2.05) is 33.3 Å². The van der Waals surface area contributed by atoms with Crippen LogP contribution in [0, 0.1) is 0 Å². The van der Waals surface area contributed by atoms with Crippen molar-refractivity contribution >= 4 is 19.8 Å². The van der Waals surface area contributed by atoms with Crippen molar-refractivity contribution < 1.29 is 42.1 Å². The monoisotopic (exact) mass is 756 g/mol. The van der Waals surface area contributed by atoms with E-state index in [2.05, 4.69) is 38.2 Å². The Balaban J connectivity index is 4.50. The number of carbonyl (C=O) groups is 2. The molecular formula is C42H78NO8P. The Morgan fingerprint density at radius 2 is 1.08 bits per heavy atom. The zero-order chi connectivity index (χ0) is 38.6. The van der Waals surface area contributed by atoms with Gasteiger partial charge in [0.2, 0.25) is 0 Å². The lowest BCUT2D eigenvalue weighted by atomic mass is 10.1. The first-order valence-corrected chi connectivity index (χ1v) is 22.2. The number of hydrogen-bond acceptors (Lipinski definition) is 8. The number of ether oxygens (including phenoxy) is 2. The van der Waals surface area contributed by atoms with E-state index in [-0.39, 0.29) is 26.1 Å². The van der Waals surface area contributed by atoms with Crippen molar-refractivity contribution in [2.75, 3.05) is 47.5 Å². The SMILES string of the molecule is CCCCCCCCC/C=C\C/C=C\C/C=C\CCC(=O)OC(COC(=O)CCCCCCCCCCCCC)COP(=O)([O-])OCC[N+](C)(C)C. The highest BCUT2D eigenvalue weighted by Crippen LogP contribution is 2.38. The molecule has 0 aromatic heterocycles. The molecule has 0 bridgehead atoms. The van der Waals surface area contributed by atoms with Crippen molar-refractivity contribution in [1.82, 2.24) is 0 Å². The van der Waals surface area contributed by atoms with E-state index in [4.69, 9.17) is 18.5 Å². The zero-order valence-electron chi connectivity index (χ0n) is 34.0. The van der Waals surface area contributed by atoms with E-state index >= 15 is 0 Å². The number of rotatable bonds is 37. The predicted molar refractivity (Wildman–Crippen MR) is 213 cm³/mol. The van der Waals surface area contributed by atoms with Crippen LogP contribution in [0.2, 0.25) is 0 Å². The molecule has 0 heterocycles. The van der Waals surface area contributed by atoms with Gasteiger partial charge in [-0.05, 0) is 38.5 Å². The molecule has 0 amide bonds. The standard InChI is InChI=1S/C42H78NO8P/c1-6-8-10-12-14-16-18-19-20-21-22-23-25-27-29-31-33-35-42(45)51-40(39-50-52(46,47)49-37-36-43(3,4)5)38-48-41(44)34-32-30-28-26-24-17-15-13-11-9-7-2/h20-21,23,25,29,31,40H,6-19,22,24,26-28,30,32-39H2,1-5H3/b21-20-,25-23-,31-29-. The van der Waals surface area contributed by atoms with Crippen molar-refractivity contribution in [2.24, 2.45) is 0 Å². The van der Waals surface area contributed by atoms with Gasteiger partial charge >= 0.3 is 11.9 Å². The second-order valence-electron chi connectivity index (χ2n) is 15.0. The van der Waals surface area contributed by atoms with E-state index in [1.165, 1.54) is 96.3 Å². The first-order valence-electron chi connectivity index (χ1n) is 20.7. The first kappa shape index (κ1) is 50.2. The average molecular weight is 756 g/mol. The largest absolute Gasteiger partial charge is 0.756 e. The summed E-state index contributed by atoms with van der Waals surface area (Å²) in [5, 5.41) is 0. The number of carbonyl (C=O) groups excluding carboxylic acids is 2. The molecule has 52 heavy (non-hydrogen) atoms. The van der Waals surface area contributed by atoms with Crippen LogP contribution in [-0.2, 0) is 32.7 Å². The number of quaternary nitrogens is 1. The van der Waals surface area contributed by atoms with Gasteiger partial charge in [0.1, 0.15) is 19.8 Å². The van der Waals surface area contributed by atoms with Crippen molar-refractivity contribution in [1.29, 1.82) is 0 Å². The summed E-state index contributed by atoms with van der Waals surface area (Å²) in [6.07, 6.45) is 37.6. The number of allylic oxidation sites excluding steroid dienone is 6. The number of nitrogens with zero attached hydrogens (tertiary/aromatic N) is 1. The van der Waals surface area contributed by atoms with Crippen LogP contribution in [0.1, 0.15) is 168 Å². The zero-order valence-corrected chi connectivity index (χ0v) is 34.9. The lowest BCUT2D eigenvalue weighted by molar-refractivity contribution is -0.870. The van der Waals surface area contributed by atoms with Crippen LogP contribution in [-0.4, -0.2) is 70.0 Å². The van der Waals surface area contributed by atoms with Gasteiger partial charge in [-0.2, -0.15) is 0 Å². The van der Waals surface area contributed by atoms with Crippen LogP contribution in [0.3, 0.4) is 0 Å². The summed E-state index contributed by atoms with van der Waals surface area (Å²) in [5.74, 6) is -0.922. The van der Waals surface area contributed by atoms with E-state index in [1.54, 1.807) is 0 Å². The molecule has 2 unspecified atom stereocenters. The highest BCUT2D eigenvalue weighted by Gasteiger charge is 2.21. The lowest BCUT2D eigenvalue weighted by Crippen LogP contribution is -2.37. The summed E-state index contributed by atoms with van der Waals surface area (Å²) < 4.78 is 33.7. The molecule has 0 aromatic rings. The van der Waals surface area contributed by atoms with Crippen LogP contribution in [0.25, 0.3) is 0 Å². The van der Waals surface area contributed by atoms with Crippen LogP contribution in [0.5, 0.6) is 0 Å². The minimum atomic E-state index is -4.63. The second-order valence-corrected chi connectivity index (χ2v) is 16.4. The van der Waals surface area contributed by atoms with Crippen LogP contribution >= 0.6 is 7.82 Å². The highest BCUT2D eigenvalue weighted by atomic mass is 31.2. The fourth-order valence-corrected chi connectivity index (χ4v) is 6.12. The minimum absolute atomic E-state index is 0.0415. The maximum Gasteiger partial charge on any atom is 0.306 e. The molecule has 2 atom stereocenters. The van der Waals surface area contributed by atoms with Gasteiger partial charge in [-0.25, -0.2) is 0 Å². The molecule has 0 fully saturated rings. The van der Waals surface area contributed by atoms with Crippen molar-refractivity contribution in [3.05, 3.63) is 36.5 Å². The maximum atomic E-state index is 12.6. The third kappa shape index (κ3) is 38.0. The smallest absolute Gasteiger partial charge is 0.306 e. The summed E-state index contributed by atoms with van der Waals surface area (Å²) in [6.45, 7) is 4.13. The van der Waals surface area contributed by atoms with Crippen molar-refractivity contribution in [3.8, 4) is 0 Å². The molecule has 0 aliphatic heterocycles. The van der Waals surface area contributed by atoms with E-state index in [0.29, 0.717) is 17.4 Å².